The molecule has 33 heavy (non-hydrogen) atoms. The number of rotatable bonds is 5. The third kappa shape index (κ3) is 4.14. The Morgan fingerprint density at radius 3 is 2.64 bits per heavy atom. The van der Waals surface area contributed by atoms with Crippen molar-refractivity contribution < 1.29 is 17.6 Å². The predicted molar refractivity (Wildman–Crippen MR) is 130 cm³/mol. The molecule has 170 valence electrons. The summed E-state index contributed by atoms with van der Waals surface area (Å²) >= 11 is 0. The topological polar surface area (TPSA) is 79.6 Å². The van der Waals surface area contributed by atoms with E-state index in [1.165, 1.54) is 0 Å². The van der Waals surface area contributed by atoms with Gasteiger partial charge in [0.05, 0.1) is 17.6 Å². The Balaban J connectivity index is 1.40. The van der Waals surface area contributed by atoms with E-state index in [1.54, 1.807) is 35.7 Å². The van der Waals surface area contributed by atoms with E-state index in [0.717, 1.165) is 46.6 Å². The molecule has 0 aliphatic carbocycles. The van der Waals surface area contributed by atoms with Crippen molar-refractivity contribution in [3.05, 3.63) is 72.0 Å². The van der Waals surface area contributed by atoms with E-state index in [9.17, 15) is 13.2 Å². The average Bonchev–Trinajstić information content (AvgIpc) is 3.24. The van der Waals surface area contributed by atoms with Crippen LogP contribution in [0.1, 0.15) is 30.4 Å². The molecule has 1 aliphatic heterocycles. The molecule has 0 spiro atoms. The van der Waals surface area contributed by atoms with Gasteiger partial charge in [0.1, 0.15) is 5.58 Å². The van der Waals surface area contributed by atoms with Crippen LogP contribution in [0.3, 0.4) is 0 Å². The fourth-order valence-electron chi connectivity index (χ4n) is 4.58. The lowest BCUT2D eigenvalue weighted by Crippen LogP contribution is -2.36. The van der Waals surface area contributed by atoms with Crippen molar-refractivity contribution >= 4 is 43.4 Å². The highest BCUT2D eigenvalue weighted by Gasteiger charge is 2.27. The van der Waals surface area contributed by atoms with Gasteiger partial charge >= 0.3 is 0 Å². The number of carbonyl (C=O) groups is 1. The number of furan rings is 1. The van der Waals surface area contributed by atoms with Gasteiger partial charge < -0.3 is 9.73 Å². The molecule has 0 saturated carbocycles. The first-order valence-corrected chi connectivity index (χ1v) is 12.7. The fraction of sp³-hybridized carbons (Fsp3) is 0.269. The number of carbonyl (C=O) groups excluding carboxylic acids is 1. The molecule has 0 radical (unpaired) electrons. The third-order valence-electron chi connectivity index (χ3n) is 6.30. The first-order valence-electron chi connectivity index (χ1n) is 11.2. The van der Waals surface area contributed by atoms with Crippen LogP contribution in [0, 0.1) is 6.92 Å². The number of piperidine rings is 1. The molecule has 1 aliphatic rings. The van der Waals surface area contributed by atoms with Crippen LogP contribution < -0.4 is 5.32 Å². The van der Waals surface area contributed by atoms with Gasteiger partial charge in [0.15, 0.2) is 0 Å². The van der Waals surface area contributed by atoms with Crippen LogP contribution in [-0.4, -0.2) is 31.7 Å². The number of nitrogens with zero attached hydrogens (tertiary/aromatic N) is 1. The number of amides is 1. The number of anilines is 1. The monoisotopic (exact) mass is 462 g/mol. The van der Waals surface area contributed by atoms with Gasteiger partial charge in [0, 0.05) is 29.7 Å². The van der Waals surface area contributed by atoms with Crippen LogP contribution in [0.5, 0.6) is 0 Å². The van der Waals surface area contributed by atoms with E-state index in [0.29, 0.717) is 24.3 Å². The average molecular weight is 463 g/mol. The van der Waals surface area contributed by atoms with Crippen LogP contribution in [0.2, 0.25) is 0 Å². The first kappa shape index (κ1) is 21.7. The van der Waals surface area contributed by atoms with Crippen LogP contribution in [-0.2, 0) is 21.2 Å². The minimum atomic E-state index is -3.59. The molecule has 1 aromatic heterocycles. The molecular weight excluding hydrogens is 436 g/mol. The van der Waals surface area contributed by atoms with Crippen molar-refractivity contribution in [2.45, 2.75) is 37.5 Å². The summed E-state index contributed by atoms with van der Waals surface area (Å²) in [7, 11) is -3.59. The zero-order chi connectivity index (χ0) is 23.0. The molecular formula is C26H26N2O4S. The Bertz CT molecular complexity index is 1450. The smallest absolute Gasteiger partial charge is 0.243 e. The maximum Gasteiger partial charge on any atom is 0.243 e. The lowest BCUT2D eigenvalue weighted by Gasteiger charge is -2.26. The first-order chi connectivity index (χ1) is 15.9. The molecule has 6 nitrogen and oxygen atoms in total. The summed E-state index contributed by atoms with van der Waals surface area (Å²) in [6.45, 7) is 2.87. The summed E-state index contributed by atoms with van der Waals surface area (Å²) in [6.07, 6.45) is 4.56. The number of aryl methyl sites for hydroxylation is 1. The minimum absolute atomic E-state index is 0.128. The van der Waals surface area contributed by atoms with Gasteiger partial charge in [0.2, 0.25) is 15.9 Å². The van der Waals surface area contributed by atoms with E-state index in [4.69, 9.17) is 4.42 Å². The zero-order valence-electron chi connectivity index (χ0n) is 18.5. The molecule has 7 heteroatoms. The molecule has 1 N–H and O–H groups in total. The molecule has 1 amide bonds. The van der Waals surface area contributed by atoms with Gasteiger partial charge in [-0.2, -0.15) is 4.31 Å². The van der Waals surface area contributed by atoms with E-state index < -0.39 is 10.0 Å². The molecule has 1 saturated heterocycles. The van der Waals surface area contributed by atoms with Crippen LogP contribution >= 0.6 is 0 Å². The molecule has 1 fully saturated rings. The Morgan fingerprint density at radius 1 is 1.03 bits per heavy atom. The minimum Gasteiger partial charge on any atom is -0.464 e. The second-order valence-electron chi connectivity index (χ2n) is 8.59. The van der Waals surface area contributed by atoms with Crippen molar-refractivity contribution in [2.75, 3.05) is 18.4 Å². The van der Waals surface area contributed by atoms with Crippen molar-refractivity contribution in [1.29, 1.82) is 0 Å². The summed E-state index contributed by atoms with van der Waals surface area (Å²) in [5, 5.41) is 5.92. The summed E-state index contributed by atoms with van der Waals surface area (Å²) < 4.78 is 33.6. The number of benzene rings is 3. The Morgan fingerprint density at radius 2 is 1.82 bits per heavy atom. The standard InChI is InChI=1S/C26H26N2O4S/c1-18-9-11-21(16-24(18)33(30,31)28-13-5-2-6-14-28)27-25(29)15-20-17-32-23-12-10-19-7-3-4-8-22(19)26(20)23/h3-4,7-12,16-17H,2,5-6,13-15H2,1H3,(H,27,29). The lowest BCUT2D eigenvalue weighted by atomic mass is 10.0. The molecule has 0 unspecified atom stereocenters. The lowest BCUT2D eigenvalue weighted by molar-refractivity contribution is -0.115. The molecule has 0 bridgehead atoms. The second kappa shape index (κ2) is 8.65. The maximum absolute atomic E-state index is 13.2. The van der Waals surface area contributed by atoms with Gasteiger partial charge in [-0.05, 0) is 54.3 Å². The highest BCUT2D eigenvalue weighted by molar-refractivity contribution is 7.89. The SMILES string of the molecule is Cc1ccc(NC(=O)Cc2coc3ccc4ccccc4c23)cc1S(=O)(=O)N1CCCCC1. The van der Waals surface area contributed by atoms with Gasteiger partial charge in [-0.25, -0.2) is 8.42 Å². The van der Waals surface area contributed by atoms with Crippen molar-refractivity contribution in [3.8, 4) is 0 Å². The largest absolute Gasteiger partial charge is 0.464 e. The number of hydrogen-bond acceptors (Lipinski definition) is 4. The van der Waals surface area contributed by atoms with Crippen molar-refractivity contribution in [3.63, 3.8) is 0 Å². The molecule has 5 rings (SSSR count). The summed E-state index contributed by atoms with van der Waals surface area (Å²) in [5.41, 5.74) is 2.68. The predicted octanol–water partition coefficient (Wildman–Crippen LogP) is 5.25. The van der Waals surface area contributed by atoms with Gasteiger partial charge in [0.25, 0.3) is 0 Å². The Kier molecular flexibility index (Phi) is 5.68. The zero-order valence-corrected chi connectivity index (χ0v) is 19.3. The maximum atomic E-state index is 13.2. The van der Waals surface area contributed by atoms with E-state index in [-0.39, 0.29) is 17.2 Å². The normalized spacial score (nSPS) is 15.2. The number of fused-ring (bicyclic) bond motifs is 3. The van der Waals surface area contributed by atoms with Crippen molar-refractivity contribution in [1.82, 2.24) is 4.31 Å². The molecule has 2 heterocycles. The van der Waals surface area contributed by atoms with Gasteiger partial charge in [-0.1, -0.05) is 42.8 Å². The van der Waals surface area contributed by atoms with Gasteiger partial charge in [-0.15, -0.1) is 0 Å². The fourth-order valence-corrected chi connectivity index (χ4v) is 6.35. The number of nitrogens with one attached hydrogen (secondary N) is 1. The van der Waals surface area contributed by atoms with Crippen LogP contribution in [0.15, 0.2) is 70.2 Å². The number of hydrogen-bond donors (Lipinski definition) is 1. The van der Waals surface area contributed by atoms with E-state index in [2.05, 4.69) is 5.32 Å². The summed E-state index contributed by atoms with van der Waals surface area (Å²) in [4.78, 5) is 13.1. The summed E-state index contributed by atoms with van der Waals surface area (Å²) in [6, 6.07) is 17.0. The number of sulfonamides is 1. The molecule has 3 aromatic carbocycles. The van der Waals surface area contributed by atoms with Crippen LogP contribution in [0.25, 0.3) is 21.7 Å². The van der Waals surface area contributed by atoms with E-state index in [1.807, 2.05) is 36.4 Å². The third-order valence-corrected chi connectivity index (χ3v) is 8.34. The van der Waals surface area contributed by atoms with E-state index >= 15 is 0 Å². The quantitative estimate of drug-likeness (QED) is 0.439. The highest BCUT2D eigenvalue weighted by atomic mass is 32.2. The summed E-state index contributed by atoms with van der Waals surface area (Å²) in [5.74, 6) is -0.226. The molecule has 0 atom stereocenters. The highest BCUT2D eigenvalue weighted by Crippen LogP contribution is 2.31. The van der Waals surface area contributed by atoms with Gasteiger partial charge in [-0.3, -0.25) is 4.79 Å². The Labute approximate surface area is 193 Å². The second-order valence-corrected chi connectivity index (χ2v) is 10.5. The van der Waals surface area contributed by atoms with Crippen molar-refractivity contribution in [2.24, 2.45) is 0 Å². The van der Waals surface area contributed by atoms with Crippen LogP contribution in [0.4, 0.5) is 5.69 Å². The molecule has 4 aromatic rings. The Hall–Kier alpha value is -3.16.